The summed E-state index contributed by atoms with van der Waals surface area (Å²) in [5.74, 6) is -1.89. The Labute approximate surface area is 845 Å². The molecule has 29 N–H and O–H groups in total. The third kappa shape index (κ3) is 20.1. The van der Waals surface area contributed by atoms with E-state index >= 15 is 0 Å². The van der Waals surface area contributed by atoms with Crippen LogP contribution in [-0.2, 0) is 90.1 Å². The normalized spacial score (nSPS) is 40.4. The van der Waals surface area contributed by atoms with Gasteiger partial charge in [0.25, 0.3) is 17.4 Å². The predicted molar refractivity (Wildman–Crippen MR) is 494 cm³/mol. The Morgan fingerprint density at radius 1 is 0.313 bits per heavy atom. The third-order valence-electron chi connectivity index (χ3n) is 29.8. The monoisotopic (exact) mass is 2130 g/mol. The van der Waals surface area contributed by atoms with Crippen LogP contribution in [0.15, 0.2) is 89.7 Å². The number of nitrogens with one attached hydrogen (secondary N) is 1. The topological polar surface area (TPSA) is 833 Å². The standard InChI is InChI=1S/C96H120N4O50/c101-22-43-57(110)66(119)73(126)89(135-43)146-79-69(122)60(113)47(26-105)140-94(79)145-78-64(117)50(29-108)138-92(83(78)150-96-81(71(124)62(115)49(28-107)142-96)148-91-75(128)68(121)59(112)45(24-103)137-91)134-30-51-65(118)77(144-93-82(72(125)63(116)46(25-104)139-93)149-95-80(70(123)61(114)48(27-106)141-95)147-90-74(127)67(120)58(111)44(23-102)136-90)76(129)88(143-51)133-19-5-1-4-17-97-52(109)16-18-99-85(130)38-13-9-35-33-8-12-37-55-40(15-11-34(53(33)55)36-10-14-39(86(99)131)56(38)54(35)36)87(132)100-42-21-32-7-3-2-6-31(32)20-41(42)98-84(37)100/h2-3,6-15,20-21,43-51,57-83,88-96,101-108,110-129H,1,4-5,16-19,22-30H2,(H,97,109). The van der Waals surface area contributed by atoms with E-state index in [1.165, 1.54) is 0 Å². The number of rotatable bonds is 35. The van der Waals surface area contributed by atoms with Gasteiger partial charge in [-0.1, -0.05) is 48.5 Å². The lowest BCUT2D eigenvalue weighted by Gasteiger charge is -2.51. The van der Waals surface area contributed by atoms with Crippen molar-refractivity contribution in [1.29, 1.82) is 0 Å². The zero-order valence-electron chi connectivity index (χ0n) is 79.2. The van der Waals surface area contributed by atoms with E-state index in [1.54, 1.807) is 34.7 Å². The summed E-state index contributed by atoms with van der Waals surface area (Å²) in [7, 11) is 0. The quantitative estimate of drug-likeness (QED) is 0.00759. The average molecular weight is 2130 g/mol. The molecule has 54 nitrogen and oxygen atoms in total. The number of hydrogen-bond donors (Lipinski definition) is 29. The van der Waals surface area contributed by atoms with Crippen LogP contribution in [0.25, 0.3) is 81.3 Å². The highest BCUT2D eigenvalue weighted by Gasteiger charge is 2.62. The molecule has 0 radical (unpaired) electrons. The maximum Gasteiger partial charge on any atom is 0.264 e. The molecule has 0 spiro atoms. The molecular weight excluding hydrogens is 2010 g/mol. The summed E-state index contributed by atoms with van der Waals surface area (Å²) in [6, 6.07) is 26.1. The number of aliphatic hydroxyl groups is 28. The van der Waals surface area contributed by atoms with Crippen LogP contribution in [0.5, 0.6) is 0 Å². The number of hydrogen-bond acceptors (Lipinski definition) is 51. The molecule has 150 heavy (non-hydrogen) atoms. The zero-order valence-corrected chi connectivity index (χ0v) is 79.2. The van der Waals surface area contributed by atoms with Gasteiger partial charge in [0, 0.05) is 58.8 Å². The number of amides is 3. The molecule has 9 fully saturated rings. The number of carbonyl (C=O) groups excluding carboxylic acids is 3. The maximum absolute atomic E-state index is 14.7. The van der Waals surface area contributed by atoms with E-state index in [4.69, 9.17) is 90.2 Å². The van der Waals surface area contributed by atoms with Crippen LogP contribution >= 0.6 is 0 Å². The minimum atomic E-state index is -2.45. The third-order valence-corrected chi connectivity index (χ3v) is 29.8. The number of imidazole rings is 1. The number of unbranched alkanes of at least 4 members (excludes halogenated alkanes) is 2. The molecule has 9 saturated heterocycles. The number of imide groups is 1. The van der Waals surface area contributed by atoms with E-state index < -0.39 is 360 Å². The van der Waals surface area contributed by atoms with Crippen molar-refractivity contribution in [2.45, 2.75) is 302 Å². The molecule has 0 saturated carbocycles. The average Bonchev–Trinajstić information content (AvgIpc) is 1.13. The van der Waals surface area contributed by atoms with Gasteiger partial charge in [-0.25, -0.2) is 4.98 Å². The van der Waals surface area contributed by atoms with Gasteiger partial charge in [0.2, 0.25) is 5.91 Å². The fraction of sp³-hybridized carbons (Fsp3) is 0.635. The number of ether oxygens (including phenoxy) is 18. The molecule has 824 valence electrons. The van der Waals surface area contributed by atoms with Gasteiger partial charge in [0.1, 0.15) is 225 Å². The summed E-state index contributed by atoms with van der Waals surface area (Å²) in [4.78, 5) is 63.9. The van der Waals surface area contributed by atoms with Crippen molar-refractivity contribution in [3.05, 3.63) is 106 Å². The van der Waals surface area contributed by atoms with Crippen molar-refractivity contribution in [2.24, 2.45) is 0 Å². The summed E-state index contributed by atoms with van der Waals surface area (Å²) in [6.45, 7) is -11.1. The second-order valence-electron chi connectivity index (χ2n) is 38.9. The number of aliphatic hydroxyl groups excluding tert-OH is 28. The smallest absolute Gasteiger partial charge is 0.264 e. The molecule has 10 aliphatic heterocycles. The molecule has 12 heterocycles. The van der Waals surface area contributed by atoms with Crippen molar-refractivity contribution in [2.75, 3.05) is 79.2 Å². The Morgan fingerprint density at radius 2 is 0.660 bits per heavy atom. The van der Waals surface area contributed by atoms with Crippen LogP contribution in [0, 0.1) is 0 Å². The Balaban J connectivity index is 0.587. The van der Waals surface area contributed by atoms with Crippen LogP contribution in [0.2, 0.25) is 0 Å². The summed E-state index contributed by atoms with van der Waals surface area (Å²) >= 11 is 0. The molecule has 0 bridgehead atoms. The van der Waals surface area contributed by atoms with Gasteiger partial charge >= 0.3 is 0 Å². The minimum absolute atomic E-state index is 0.0165. The van der Waals surface area contributed by atoms with Crippen LogP contribution in [0.3, 0.4) is 0 Å². The highest BCUT2D eigenvalue weighted by Crippen LogP contribution is 2.49. The number of benzene rings is 7. The molecule has 45 unspecified atom stereocenters. The molecule has 2 aromatic heterocycles. The van der Waals surface area contributed by atoms with Crippen molar-refractivity contribution in [3.8, 4) is 0 Å². The van der Waals surface area contributed by atoms with Crippen molar-refractivity contribution < 1.29 is 243 Å². The van der Waals surface area contributed by atoms with E-state index in [9.17, 15) is 162 Å². The second kappa shape index (κ2) is 45.7. The second-order valence-corrected chi connectivity index (χ2v) is 38.9. The fourth-order valence-corrected chi connectivity index (χ4v) is 21.5. The van der Waals surface area contributed by atoms with E-state index in [0.29, 0.717) is 38.2 Å². The van der Waals surface area contributed by atoms with Gasteiger partial charge in [-0.15, -0.1) is 0 Å². The summed E-state index contributed by atoms with van der Waals surface area (Å²) in [5, 5.41) is 325. The lowest BCUT2D eigenvalue weighted by molar-refractivity contribution is -0.415. The van der Waals surface area contributed by atoms with Gasteiger partial charge in [-0.05, 0) is 98.8 Å². The van der Waals surface area contributed by atoms with Gasteiger partial charge in [-0.2, -0.15) is 0 Å². The first kappa shape index (κ1) is 110. The molecule has 45 atom stereocenters. The molecular formula is C96H120N4O50. The van der Waals surface area contributed by atoms with Crippen LogP contribution in [0.4, 0.5) is 0 Å². The minimum Gasteiger partial charge on any atom is -0.394 e. The Hall–Kier alpha value is -7.99. The lowest BCUT2D eigenvalue weighted by Crippen LogP contribution is -2.69. The van der Waals surface area contributed by atoms with Crippen molar-refractivity contribution in [1.82, 2.24) is 19.6 Å². The van der Waals surface area contributed by atoms with Gasteiger partial charge in [0.05, 0.1) is 70.5 Å². The predicted octanol–water partition coefficient (Wildman–Crippen LogP) is -12.7. The molecule has 19 rings (SSSR count). The molecule has 0 aliphatic carbocycles. The van der Waals surface area contributed by atoms with Gasteiger partial charge < -0.3 is 234 Å². The molecule has 3 amide bonds. The summed E-state index contributed by atoms with van der Waals surface area (Å²) in [6.07, 6.45) is -98.7. The van der Waals surface area contributed by atoms with Crippen LogP contribution in [0.1, 0.15) is 46.4 Å². The number of carbonyl (C=O) groups is 3. The van der Waals surface area contributed by atoms with E-state index in [0.717, 1.165) is 48.0 Å². The van der Waals surface area contributed by atoms with E-state index in [2.05, 4.69) is 5.32 Å². The molecule has 7 aromatic carbocycles. The van der Waals surface area contributed by atoms with Gasteiger partial charge in [-0.3, -0.25) is 28.5 Å². The Morgan fingerprint density at radius 3 is 1.11 bits per heavy atom. The van der Waals surface area contributed by atoms with Crippen LogP contribution < -0.4 is 10.9 Å². The lowest BCUT2D eigenvalue weighted by atomic mass is 9.84. The largest absolute Gasteiger partial charge is 0.394 e. The van der Waals surface area contributed by atoms with E-state index in [1.807, 2.05) is 54.6 Å². The number of nitrogens with zero attached hydrogens (tertiary/aromatic N) is 3. The van der Waals surface area contributed by atoms with E-state index in [-0.39, 0.29) is 55.5 Å². The molecule has 10 aliphatic rings. The number of fused-ring (bicyclic) bond motifs is 7. The Bertz CT molecular complexity index is 6190. The first-order valence-electron chi connectivity index (χ1n) is 49.0. The fourth-order valence-electron chi connectivity index (χ4n) is 21.5. The molecule has 9 aromatic rings. The van der Waals surface area contributed by atoms with Gasteiger partial charge in [0.15, 0.2) is 56.6 Å². The molecule has 54 heteroatoms. The number of pyridine rings is 1. The maximum atomic E-state index is 14.7. The highest BCUT2D eigenvalue weighted by molar-refractivity contribution is 6.41. The van der Waals surface area contributed by atoms with Crippen molar-refractivity contribution in [3.63, 3.8) is 0 Å². The van der Waals surface area contributed by atoms with Crippen molar-refractivity contribution >= 4 is 99.0 Å². The number of aromatic nitrogens is 2. The summed E-state index contributed by atoms with van der Waals surface area (Å²) < 4.78 is 110. The first-order valence-corrected chi connectivity index (χ1v) is 49.0. The zero-order chi connectivity index (χ0) is 107. The van der Waals surface area contributed by atoms with Crippen LogP contribution in [-0.4, -0.2) is 531 Å². The SMILES string of the molecule is O=C(CCN1C(=O)c2ccc3c4ccc5c(=O)n6c7cc8ccccc8cc7nc6c6ccc(c7ccc(c2c37)C1=O)c4c56)NCCCCCOC1OC(COC2OC(CO)C(O)C(OC3OC(CO)C(O)C(O)C3OC3OC(CO)C(O)C(O)C3O)C2OC2OC(CO)C(O)C(O)C2OC2OC(CO)C(O)C(O)C2O)C(O)C(OC2OC(CO)C(O)C(O)C2OC2OC(CO)C(O)C(O)C2OC2OC(CO)C(O)C(O)C2O)C1O. The Kier molecular flexibility index (Phi) is 33.6. The highest BCUT2D eigenvalue weighted by atomic mass is 16.8. The first-order chi connectivity index (χ1) is 72.0. The summed E-state index contributed by atoms with van der Waals surface area (Å²) in [5.41, 5.74) is 1.98.